The molecule has 8 heteroatoms. The molecule has 0 bridgehead atoms. The molecular formula is C18H14BrFN2O4. The van der Waals surface area contributed by atoms with E-state index in [-0.39, 0.29) is 29.3 Å². The van der Waals surface area contributed by atoms with Crippen LogP contribution in [0, 0.1) is 5.82 Å². The third-order valence-electron chi connectivity index (χ3n) is 3.83. The highest BCUT2D eigenvalue weighted by molar-refractivity contribution is 9.10. The molecule has 0 aliphatic carbocycles. The highest BCUT2D eigenvalue weighted by Crippen LogP contribution is 2.36. The van der Waals surface area contributed by atoms with E-state index < -0.39 is 17.8 Å². The molecule has 1 aliphatic heterocycles. The average molecular weight is 421 g/mol. The van der Waals surface area contributed by atoms with Crippen molar-refractivity contribution in [1.29, 1.82) is 0 Å². The molecule has 6 nitrogen and oxygen atoms in total. The highest BCUT2D eigenvalue weighted by atomic mass is 79.9. The number of benzene rings is 2. The summed E-state index contributed by atoms with van der Waals surface area (Å²) in [4.78, 5) is 25.5. The number of rotatable bonds is 4. The van der Waals surface area contributed by atoms with E-state index in [0.29, 0.717) is 10.0 Å². The summed E-state index contributed by atoms with van der Waals surface area (Å²) in [5.41, 5.74) is 0.820. The molecule has 0 saturated carbocycles. The number of ether oxygens (including phenoxy) is 1. The number of urea groups is 1. The third-order valence-corrected chi connectivity index (χ3v) is 4.43. The molecule has 3 amide bonds. The topological polar surface area (TPSA) is 78.9 Å². The van der Waals surface area contributed by atoms with Gasteiger partial charge in [0.25, 0.3) is 5.91 Å². The zero-order chi connectivity index (χ0) is 18.8. The Balaban J connectivity index is 1.88. The van der Waals surface area contributed by atoms with Crippen LogP contribution >= 0.6 is 15.9 Å². The molecule has 1 aliphatic rings. The smallest absolute Gasteiger partial charge is 0.329 e. The summed E-state index contributed by atoms with van der Waals surface area (Å²) in [7, 11) is 1.40. The first kappa shape index (κ1) is 17.9. The molecule has 1 heterocycles. The van der Waals surface area contributed by atoms with Crippen molar-refractivity contribution in [3.8, 4) is 11.5 Å². The molecule has 3 rings (SSSR count). The Labute approximate surface area is 157 Å². The standard InChI is InChI=1S/C18H14BrFN2O4/c1-26-15-8-10(6-12(19)16(15)23)7-14-17(24)22(18(25)21-14)9-11-4-2-3-5-13(11)20/h2-8,23H,9H2,1H3,(H,21,25)/b14-7+. The number of carbonyl (C=O) groups excluding carboxylic acids is 2. The van der Waals surface area contributed by atoms with Crippen LogP contribution in [-0.2, 0) is 11.3 Å². The van der Waals surface area contributed by atoms with Crippen molar-refractivity contribution < 1.29 is 23.8 Å². The second kappa shape index (κ2) is 7.17. The maximum atomic E-state index is 13.8. The van der Waals surface area contributed by atoms with E-state index in [1.165, 1.54) is 37.5 Å². The van der Waals surface area contributed by atoms with Gasteiger partial charge < -0.3 is 15.2 Å². The number of aromatic hydroxyl groups is 1. The van der Waals surface area contributed by atoms with Crippen molar-refractivity contribution in [1.82, 2.24) is 10.2 Å². The number of methoxy groups -OCH3 is 1. The molecular weight excluding hydrogens is 407 g/mol. The molecule has 2 aromatic rings. The van der Waals surface area contributed by atoms with Crippen molar-refractivity contribution in [3.63, 3.8) is 0 Å². The molecule has 1 saturated heterocycles. The number of halogens is 2. The van der Waals surface area contributed by atoms with Crippen molar-refractivity contribution in [2.24, 2.45) is 0 Å². The largest absolute Gasteiger partial charge is 0.503 e. The van der Waals surface area contributed by atoms with Gasteiger partial charge in [0, 0.05) is 5.56 Å². The Bertz CT molecular complexity index is 929. The quantitative estimate of drug-likeness (QED) is 0.586. The molecule has 2 aromatic carbocycles. The lowest BCUT2D eigenvalue weighted by Gasteiger charge is -2.12. The summed E-state index contributed by atoms with van der Waals surface area (Å²) in [6.45, 7) is -0.169. The Morgan fingerprint density at radius 3 is 2.73 bits per heavy atom. The third kappa shape index (κ3) is 3.41. The van der Waals surface area contributed by atoms with Crippen molar-refractivity contribution >= 4 is 33.9 Å². The minimum absolute atomic E-state index is 0.0472. The van der Waals surface area contributed by atoms with Gasteiger partial charge in [-0.1, -0.05) is 18.2 Å². The number of phenolic OH excluding ortho intramolecular Hbond substituents is 1. The maximum Gasteiger partial charge on any atom is 0.329 e. The lowest BCUT2D eigenvalue weighted by Crippen LogP contribution is -2.30. The van der Waals surface area contributed by atoms with Crippen LogP contribution in [0.15, 0.2) is 46.6 Å². The fraction of sp³-hybridized carbons (Fsp3) is 0.111. The summed E-state index contributed by atoms with van der Waals surface area (Å²) < 4.78 is 19.2. The lowest BCUT2D eigenvalue weighted by molar-refractivity contribution is -0.123. The first-order valence-corrected chi connectivity index (χ1v) is 8.34. The van der Waals surface area contributed by atoms with Gasteiger partial charge in [0.15, 0.2) is 11.5 Å². The average Bonchev–Trinajstić information content (AvgIpc) is 2.87. The predicted octanol–water partition coefficient (Wildman–Crippen LogP) is 3.40. The van der Waals surface area contributed by atoms with Gasteiger partial charge in [-0.2, -0.15) is 0 Å². The number of nitrogens with zero attached hydrogens (tertiary/aromatic N) is 1. The van der Waals surface area contributed by atoms with Crippen molar-refractivity contribution in [2.75, 3.05) is 7.11 Å². The Morgan fingerprint density at radius 1 is 1.31 bits per heavy atom. The van der Waals surface area contributed by atoms with Crippen molar-refractivity contribution in [3.05, 3.63) is 63.5 Å². The summed E-state index contributed by atoms with van der Waals surface area (Å²) >= 11 is 3.19. The second-order valence-corrected chi connectivity index (χ2v) is 6.38. The van der Waals surface area contributed by atoms with Crippen LogP contribution in [0.4, 0.5) is 9.18 Å². The molecule has 0 unspecified atom stereocenters. The molecule has 2 N–H and O–H groups in total. The van der Waals surface area contributed by atoms with Crippen LogP contribution in [0.5, 0.6) is 11.5 Å². The zero-order valence-corrected chi connectivity index (χ0v) is 15.2. The zero-order valence-electron chi connectivity index (χ0n) is 13.6. The minimum atomic E-state index is -0.630. The van der Waals surface area contributed by atoms with Crippen LogP contribution in [0.1, 0.15) is 11.1 Å². The van der Waals surface area contributed by atoms with E-state index in [0.717, 1.165) is 4.90 Å². The van der Waals surface area contributed by atoms with Gasteiger partial charge in [-0.3, -0.25) is 9.69 Å². The number of imide groups is 1. The molecule has 26 heavy (non-hydrogen) atoms. The maximum absolute atomic E-state index is 13.8. The van der Waals surface area contributed by atoms with E-state index in [1.54, 1.807) is 12.1 Å². The number of carbonyl (C=O) groups is 2. The number of amides is 3. The molecule has 0 spiro atoms. The first-order chi connectivity index (χ1) is 12.4. The second-order valence-electron chi connectivity index (χ2n) is 5.52. The van der Waals surface area contributed by atoms with Crippen LogP contribution in [0.25, 0.3) is 6.08 Å². The monoisotopic (exact) mass is 420 g/mol. The van der Waals surface area contributed by atoms with Gasteiger partial charge in [0.1, 0.15) is 11.5 Å². The number of hydrogen-bond donors (Lipinski definition) is 2. The Morgan fingerprint density at radius 2 is 2.04 bits per heavy atom. The van der Waals surface area contributed by atoms with Gasteiger partial charge in [-0.15, -0.1) is 0 Å². The van der Waals surface area contributed by atoms with Gasteiger partial charge >= 0.3 is 6.03 Å². The number of phenols is 1. The highest BCUT2D eigenvalue weighted by Gasteiger charge is 2.34. The molecule has 0 aromatic heterocycles. The number of hydrogen-bond acceptors (Lipinski definition) is 4. The SMILES string of the molecule is COc1cc(/C=C2/NC(=O)N(Cc3ccccc3F)C2=O)cc(Br)c1O. The number of nitrogens with one attached hydrogen (secondary N) is 1. The minimum Gasteiger partial charge on any atom is -0.503 e. The summed E-state index contributed by atoms with van der Waals surface area (Å²) in [6, 6.07) is 8.41. The van der Waals surface area contributed by atoms with E-state index in [1.807, 2.05) is 0 Å². The van der Waals surface area contributed by atoms with E-state index in [4.69, 9.17) is 4.74 Å². The predicted molar refractivity (Wildman–Crippen MR) is 95.8 cm³/mol. The summed E-state index contributed by atoms with van der Waals surface area (Å²) in [5.74, 6) is -0.914. The summed E-state index contributed by atoms with van der Waals surface area (Å²) in [5, 5.41) is 12.3. The van der Waals surface area contributed by atoms with Crippen LogP contribution in [0.2, 0.25) is 0 Å². The summed E-state index contributed by atoms with van der Waals surface area (Å²) in [6.07, 6.45) is 1.45. The van der Waals surface area contributed by atoms with Crippen LogP contribution in [0.3, 0.4) is 0 Å². The fourth-order valence-corrected chi connectivity index (χ4v) is 2.97. The molecule has 134 valence electrons. The molecule has 0 atom stereocenters. The van der Waals surface area contributed by atoms with E-state index >= 15 is 0 Å². The fourth-order valence-electron chi connectivity index (χ4n) is 2.51. The molecule has 1 fully saturated rings. The molecule has 0 radical (unpaired) electrons. The van der Waals surface area contributed by atoms with Gasteiger partial charge in [0.2, 0.25) is 0 Å². The van der Waals surface area contributed by atoms with Crippen molar-refractivity contribution in [2.45, 2.75) is 6.54 Å². The lowest BCUT2D eigenvalue weighted by atomic mass is 10.1. The first-order valence-electron chi connectivity index (χ1n) is 7.55. The van der Waals surface area contributed by atoms with Gasteiger partial charge in [0.05, 0.1) is 18.1 Å². The van der Waals surface area contributed by atoms with Gasteiger partial charge in [-0.25, -0.2) is 9.18 Å². The van der Waals surface area contributed by atoms with Crippen LogP contribution in [-0.4, -0.2) is 29.1 Å². The normalized spacial score (nSPS) is 15.5. The van der Waals surface area contributed by atoms with Crippen LogP contribution < -0.4 is 10.1 Å². The van der Waals surface area contributed by atoms with E-state index in [2.05, 4.69) is 21.2 Å². The van der Waals surface area contributed by atoms with Gasteiger partial charge in [-0.05, 0) is 45.8 Å². The van der Waals surface area contributed by atoms with E-state index in [9.17, 15) is 19.1 Å². The Kier molecular flexibility index (Phi) is 4.94. The Hall–Kier alpha value is -2.87.